The largest absolute Gasteiger partial charge is 0.378 e. The fraction of sp³-hybridized carbons (Fsp3) is 0.500. The van der Waals surface area contributed by atoms with Crippen molar-refractivity contribution < 1.29 is 14.3 Å². The van der Waals surface area contributed by atoms with Crippen LogP contribution < -0.4 is 0 Å². The summed E-state index contributed by atoms with van der Waals surface area (Å²) >= 11 is 0. The molecule has 0 unspecified atom stereocenters. The zero-order valence-corrected chi connectivity index (χ0v) is 8.83. The number of aldehydes is 1. The molecule has 0 aromatic carbocycles. The molecule has 16 heavy (non-hydrogen) atoms. The van der Waals surface area contributed by atoms with Crippen LogP contribution in [-0.4, -0.2) is 52.9 Å². The fourth-order valence-electron chi connectivity index (χ4n) is 1.63. The Hall–Kier alpha value is -1.69. The maximum Gasteiger partial charge on any atom is 0.242 e. The summed E-state index contributed by atoms with van der Waals surface area (Å²) in [5, 5.41) is 0. The van der Waals surface area contributed by atoms with Crippen LogP contribution in [0, 0.1) is 0 Å². The van der Waals surface area contributed by atoms with E-state index in [9.17, 15) is 9.59 Å². The van der Waals surface area contributed by atoms with Crippen molar-refractivity contribution in [1.82, 2.24) is 14.5 Å². The van der Waals surface area contributed by atoms with Crippen molar-refractivity contribution in [1.29, 1.82) is 0 Å². The van der Waals surface area contributed by atoms with Crippen LogP contribution in [-0.2, 0) is 16.1 Å². The van der Waals surface area contributed by atoms with Crippen molar-refractivity contribution in [2.24, 2.45) is 0 Å². The molecule has 0 aliphatic carbocycles. The minimum Gasteiger partial charge on any atom is -0.378 e. The van der Waals surface area contributed by atoms with E-state index in [1.807, 2.05) is 0 Å². The minimum absolute atomic E-state index is 0.00981. The van der Waals surface area contributed by atoms with Crippen LogP contribution in [0.4, 0.5) is 0 Å². The van der Waals surface area contributed by atoms with Crippen molar-refractivity contribution in [2.75, 3.05) is 26.3 Å². The van der Waals surface area contributed by atoms with Gasteiger partial charge >= 0.3 is 0 Å². The topological polar surface area (TPSA) is 64.4 Å². The number of rotatable bonds is 3. The second-order valence-corrected chi connectivity index (χ2v) is 3.52. The maximum absolute atomic E-state index is 11.8. The number of morpholine rings is 1. The van der Waals surface area contributed by atoms with Crippen LogP contribution in [0.2, 0.25) is 0 Å². The number of nitrogens with zero attached hydrogens (tertiary/aromatic N) is 3. The lowest BCUT2D eigenvalue weighted by atomic mass is 10.4. The summed E-state index contributed by atoms with van der Waals surface area (Å²) in [6, 6.07) is 0. The van der Waals surface area contributed by atoms with Gasteiger partial charge in [-0.15, -0.1) is 0 Å². The number of imidazole rings is 1. The Morgan fingerprint density at radius 2 is 2.25 bits per heavy atom. The van der Waals surface area contributed by atoms with Crippen molar-refractivity contribution in [3.05, 3.63) is 18.2 Å². The highest BCUT2D eigenvalue weighted by atomic mass is 16.5. The standard InChI is InChI=1S/C10H13N3O3/c14-8-9-11-1-2-13(9)7-10(15)12-3-5-16-6-4-12/h1-2,8H,3-7H2. The highest BCUT2D eigenvalue weighted by Crippen LogP contribution is 2.01. The second-order valence-electron chi connectivity index (χ2n) is 3.52. The SMILES string of the molecule is O=Cc1nccn1CC(=O)N1CCOCC1. The number of hydrogen-bond acceptors (Lipinski definition) is 4. The molecule has 0 bridgehead atoms. The molecule has 1 aromatic heterocycles. The van der Waals surface area contributed by atoms with Crippen molar-refractivity contribution in [3.8, 4) is 0 Å². The summed E-state index contributed by atoms with van der Waals surface area (Å²) in [6.45, 7) is 2.55. The lowest BCUT2D eigenvalue weighted by Crippen LogP contribution is -2.42. The highest BCUT2D eigenvalue weighted by Gasteiger charge is 2.17. The van der Waals surface area contributed by atoms with Gasteiger partial charge in [0.05, 0.1) is 13.2 Å². The molecule has 1 fully saturated rings. The third-order valence-electron chi connectivity index (χ3n) is 2.52. The molecule has 1 aliphatic rings. The van der Waals surface area contributed by atoms with E-state index in [0.717, 1.165) is 0 Å². The molecule has 6 heteroatoms. The maximum atomic E-state index is 11.8. The van der Waals surface area contributed by atoms with E-state index in [2.05, 4.69) is 4.98 Å². The summed E-state index contributed by atoms with van der Waals surface area (Å²) in [6.07, 6.45) is 3.78. The van der Waals surface area contributed by atoms with Crippen LogP contribution >= 0.6 is 0 Å². The quantitative estimate of drug-likeness (QED) is 0.651. The average molecular weight is 223 g/mol. The van der Waals surface area contributed by atoms with E-state index in [1.165, 1.54) is 6.20 Å². The first-order chi connectivity index (χ1) is 7.81. The summed E-state index contributed by atoms with van der Waals surface area (Å²) in [5.41, 5.74) is 0. The monoisotopic (exact) mass is 223 g/mol. The molecule has 6 nitrogen and oxygen atoms in total. The molecule has 2 rings (SSSR count). The number of aromatic nitrogens is 2. The first-order valence-electron chi connectivity index (χ1n) is 5.13. The van der Waals surface area contributed by atoms with Crippen molar-refractivity contribution in [2.45, 2.75) is 6.54 Å². The zero-order valence-electron chi connectivity index (χ0n) is 8.83. The molecule has 0 atom stereocenters. The molecule has 1 amide bonds. The van der Waals surface area contributed by atoms with Gasteiger partial charge in [0, 0.05) is 25.5 Å². The third-order valence-corrected chi connectivity index (χ3v) is 2.52. The molecular weight excluding hydrogens is 210 g/mol. The molecule has 1 aromatic rings. The Balaban J connectivity index is 1.98. The number of ether oxygens (including phenoxy) is 1. The Labute approximate surface area is 92.8 Å². The van der Waals surface area contributed by atoms with E-state index in [4.69, 9.17) is 4.74 Å². The van der Waals surface area contributed by atoms with Gasteiger partial charge in [-0.3, -0.25) is 9.59 Å². The van der Waals surface area contributed by atoms with Crippen LogP contribution in [0.1, 0.15) is 10.6 Å². The average Bonchev–Trinajstić information content (AvgIpc) is 2.77. The van der Waals surface area contributed by atoms with Gasteiger partial charge in [0.25, 0.3) is 0 Å². The van der Waals surface area contributed by atoms with E-state index in [-0.39, 0.29) is 18.3 Å². The van der Waals surface area contributed by atoms with Crippen LogP contribution in [0.25, 0.3) is 0 Å². The van der Waals surface area contributed by atoms with Gasteiger partial charge in [0.1, 0.15) is 6.54 Å². The lowest BCUT2D eigenvalue weighted by molar-refractivity contribution is -0.135. The van der Waals surface area contributed by atoms with E-state index < -0.39 is 0 Å². The zero-order chi connectivity index (χ0) is 11.4. The molecule has 0 radical (unpaired) electrons. The predicted molar refractivity (Wildman–Crippen MR) is 55.0 cm³/mol. The first-order valence-corrected chi connectivity index (χ1v) is 5.13. The van der Waals surface area contributed by atoms with Crippen molar-refractivity contribution >= 4 is 12.2 Å². The molecule has 1 saturated heterocycles. The number of carbonyl (C=O) groups excluding carboxylic acids is 2. The normalized spacial score (nSPS) is 16.1. The second kappa shape index (κ2) is 4.89. The van der Waals surface area contributed by atoms with Crippen LogP contribution in [0.3, 0.4) is 0 Å². The lowest BCUT2D eigenvalue weighted by Gasteiger charge is -2.27. The summed E-state index contributed by atoms with van der Waals surface area (Å²) in [7, 11) is 0. The van der Waals surface area contributed by atoms with Gasteiger partial charge < -0.3 is 14.2 Å². The van der Waals surface area contributed by atoms with Gasteiger partial charge in [0.2, 0.25) is 5.91 Å². The van der Waals surface area contributed by atoms with Gasteiger partial charge in [-0.1, -0.05) is 0 Å². The van der Waals surface area contributed by atoms with E-state index in [1.54, 1.807) is 15.7 Å². The molecule has 1 aliphatic heterocycles. The van der Waals surface area contributed by atoms with E-state index in [0.29, 0.717) is 32.6 Å². The molecular formula is C10H13N3O3. The molecule has 0 saturated carbocycles. The van der Waals surface area contributed by atoms with Crippen LogP contribution in [0.15, 0.2) is 12.4 Å². The molecule has 0 spiro atoms. The first kappa shape index (κ1) is 10.8. The third kappa shape index (κ3) is 2.27. The Morgan fingerprint density at radius 1 is 1.50 bits per heavy atom. The van der Waals surface area contributed by atoms with Gasteiger partial charge in [-0.25, -0.2) is 4.98 Å². The molecule has 0 N–H and O–H groups in total. The van der Waals surface area contributed by atoms with Crippen LogP contribution in [0.5, 0.6) is 0 Å². The van der Waals surface area contributed by atoms with Gasteiger partial charge in [0.15, 0.2) is 12.1 Å². The Bertz CT molecular complexity index is 382. The smallest absolute Gasteiger partial charge is 0.242 e. The number of amides is 1. The minimum atomic E-state index is -0.00981. The Morgan fingerprint density at radius 3 is 2.94 bits per heavy atom. The fourth-order valence-corrected chi connectivity index (χ4v) is 1.63. The highest BCUT2D eigenvalue weighted by molar-refractivity contribution is 5.77. The number of carbonyl (C=O) groups is 2. The van der Waals surface area contributed by atoms with Crippen molar-refractivity contribution in [3.63, 3.8) is 0 Å². The van der Waals surface area contributed by atoms with Gasteiger partial charge in [-0.05, 0) is 0 Å². The van der Waals surface area contributed by atoms with E-state index >= 15 is 0 Å². The summed E-state index contributed by atoms with van der Waals surface area (Å²) in [4.78, 5) is 28.0. The summed E-state index contributed by atoms with van der Waals surface area (Å²) < 4.78 is 6.71. The predicted octanol–water partition coefficient (Wildman–Crippen LogP) is -0.446. The molecule has 86 valence electrons. The van der Waals surface area contributed by atoms with Gasteiger partial charge in [-0.2, -0.15) is 0 Å². The summed E-state index contributed by atoms with van der Waals surface area (Å²) in [5.74, 6) is 0.269. The number of hydrogen-bond donors (Lipinski definition) is 0. The molecule has 2 heterocycles. The Kier molecular flexibility index (Phi) is 3.31.